The number of carboxylic acids is 1. The Labute approximate surface area is 113 Å². The molecule has 1 rings (SSSR count). The first-order chi connectivity index (χ1) is 8.82. The summed E-state index contributed by atoms with van der Waals surface area (Å²) in [5.74, 6) is 0.167. The van der Waals surface area contributed by atoms with Crippen LogP contribution in [0.2, 0.25) is 0 Å². The smallest absolute Gasteiger partial charge is 0.303 e. The zero-order chi connectivity index (χ0) is 14.5. The minimum Gasteiger partial charge on any atom is -0.481 e. The Morgan fingerprint density at radius 2 is 2.16 bits per heavy atom. The number of hydrogen-bond acceptors (Lipinski definition) is 5. The number of aliphatic carboxylic acids is 1. The predicted octanol–water partition coefficient (Wildman–Crippen LogP) is 2.24. The molecule has 0 aliphatic rings. The number of hydrogen-bond donors (Lipinski definition) is 2. The number of anilines is 1. The Bertz CT molecular complexity index is 447. The highest BCUT2D eigenvalue weighted by atomic mass is 16.5. The number of aromatic nitrogens is 2. The SMILES string of the molecule is CCOc1cc(C)nc(NC(C)(C)CCC(=O)O)n1. The van der Waals surface area contributed by atoms with Crippen LogP contribution >= 0.6 is 0 Å². The Balaban J connectivity index is 2.77. The number of ether oxygens (including phenoxy) is 1. The first-order valence-electron chi connectivity index (χ1n) is 6.31. The van der Waals surface area contributed by atoms with Crippen molar-refractivity contribution in [3.05, 3.63) is 11.8 Å². The Kier molecular flexibility index (Phi) is 5.09. The molecule has 0 aromatic carbocycles. The van der Waals surface area contributed by atoms with Gasteiger partial charge in [0.25, 0.3) is 0 Å². The number of carbonyl (C=O) groups is 1. The molecule has 0 saturated heterocycles. The molecule has 2 N–H and O–H groups in total. The van der Waals surface area contributed by atoms with Crippen LogP contribution in [0.4, 0.5) is 5.95 Å². The van der Waals surface area contributed by atoms with Gasteiger partial charge < -0.3 is 15.2 Å². The van der Waals surface area contributed by atoms with Gasteiger partial charge in [-0.1, -0.05) is 0 Å². The van der Waals surface area contributed by atoms with Crippen LogP contribution in [0, 0.1) is 6.92 Å². The van der Waals surface area contributed by atoms with Crippen molar-refractivity contribution in [1.82, 2.24) is 9.97 Å². The third-order valence-electron chi connectivity index (χ3n) is 2.54. The molecule has 0 aliphatic heterocycles. The Hall–Kier alpha value is -1.85. The minimum atomic E-state index is -0.810. The lowest BCUT2D eigenvalue weighted by molar-refractivity contribution is -0.137. The summed E-state index contributed by atoms with van der Waals surface area (Å²) < 4.78 is 5.35. The molecule has 0 bridgehead atoms. The summed E-state index contributed by atoms with van der Waals surface area (Å²) in [5, 5.41) is 11.9. The lowest BCUT2D eigenvalue weighted by Crippen LogP contribution is -2.32. The largest absolute Gasteiger partial charge is 0.481 e. The molecule has 0 saturated carbocycles. The van der Waals surface area contributed by atoms with Crippen molar-refractivity contribution in [2.45, 2.75) is 46.1 Å². The van der Waals surface area contributed by atoms with Gasteiger partial charge in [0.2, 0.25) is 11.8 Å². The highest BCUT2D eigenvalue weighted by molar-refractivity contribution is 5.66. The van der Waals surface area contributed by atoms with Crippen LogP contribution in [0.3, 0.4) is 0 Å². The molecule has 1 aromatic rings. The maximum atomic E-state index is 10.6. The van der Waals surface area contributed by atoms with Crippen molar-refractivity contribution >= 4 is 11.9 Å². The average molecular weight is 267 g/mol. The van der Waals surface area contributed by atoms with Gasteiger partial charge in [-0.2, -0.15) is 4.98 Å². The second kappa shape index (κ2) is 6.36. The van der Waals surface area contributed by atoms with E-state index >= 15 is 0 Å². The van der Waals surface area contributed by atoms with Gasteiger partial charge in [0, 0.05) is 23.7 Å². The van der Waals surface area contributed by atoms with E-state index < -0.39 is 11.5 Å². The molecule has 6 heteroatoms. The number of nitrogens with zero attached hydrogens (tertiary/aromatic N) is 2. The van der Waals surface area contributed by atoms with Gasteiger partial charge in [-0.25, -0.2) is 4.98 Å². The van der Waals surface area contributed by atoms with Gasteiger partial charge >= 0.3 is 5.97 Å². The first kappa shape index (κ1) is 15.2. The zero-order valence-electron chi connectivity index (χ0n) is 11.9. The normalized spacial score (nSPS) is 11.2. The lowest BCUT2D eigenvalue weighted by Gasteiger charge is -2.25. The van der Waals surface area contributed by atoms with Crippen LogP contribution in [0.1, 0.15) is 39.3 Å². The fourth-order valence-corrected chi connectivity index (χ4v) is 1.60. The molecule has 0 fully saturated rings. The standard InChI is InChI=1S/C13H21N3O3/c1-5-19-10-8-9(2)14-12(15-10)16-13(3,4)7-6-11(17)18/h8H,5-7H2,1-4H3,(H,17,18)(H,14,15,16). The molecular formula is C13H21N3O3. The van der Waals surface area contributed by atoms with E-state index in [9.17, 15) is 4.79 Å². The lowest BCUT2D eigenvalue weighted by atomic mass is 9.99. The van der Waals surface area contributed by atoms with Crippen LogP contribution in [-0.4, -0.2) is 33.2 Å². The van der Waals surface area contributed by atoms with Gasteiger partial charge in [-0.3, -0.25) is 4.79 Å². The van der Waals surface area contributed by atoms with E-state index in [1.165, 1.54) is 0 Å². The molecule has 106 valence electrons. The van der Waals surface area contributed by atoms with E-state index in [0.29, 0.717) is 24.9 Å². The Morgan fingerprint density at radius 1 is 1.47 bits per heavy atom. The van der Waals surface area contributed by atoms with E-state index in [-0.39, 0.29) is 6.42 Å². The molecule has 0 spiro atoms. The maximum Gasteiger partial charge on any atom is 0.303 e. The molecule has 0 aliphatic carbocycles. The molecule has 1 aromatic heterocycles. The highest BCUT2D eigenvalue weighted by Crippen LogP contribution is 2.19. The molecule has 19 heavy (non-hydrogen) atoms. The van der Waals surface area contributed by atoms with Crippen molar-refractivity contribution in [2.75, 3.05) is 11.9 Å². The summed E-state index contributed by atoms with van der Waals surface area (Å²) in [7, 11) is 0. The van der Waals surface area contributed by atoms with E-state index in [1.807, 2.05) is 27.7 Å². The first-order valence-corrected chi connectivity index (χ1v) is 6.31. The monoisotopic (exact) mass is 267 g/mol. The summed E-state index contributed by atoms with van der Waals surface area (Å²) >= 11 is 0. The second-order valence-electron chi connectivity index (χ2n) is 5.01. The molecular weight excluding hydrogens is 246 g/mol. The zero-order valence-corrected chi connectivity index (χ0v) is 11.9. The van der Waals surface area contributed by atoms with E-state index in [4.69, 9.17) is 9.84 Å². The number of carboxylic acid groups (broad SMARTS) is 1. The third-order valence-corrected chi connectivity index (χ3v) is 2.54. The van der Waals surface area contributed by atoms with Crippen LogP contribution in [0.25, 0.3) is 0 Å². The van der Waals surface area contributed by atoms with Gasteiger partial charge in [0.15, 0.2) is 0 Å². The fraction of sp³-hybridized carbons (Fsp3) is 0.615. The third kappa shape index (κ3) is 5.54. The van der Waals surface area contributed by atoms with Crippen LogP contribution < -0.4 is 10.1 Å². The van der Waals surface area contributed by atoms with Gasteiger partial charge in [0.1, 0.15) is 0 Å². The topological polar surface area (TPSA) is 84.3 Å². The summed E-state index contributed by atoms with van der Waals surface area (Å²) in [4.78, 5) is 19.1. The average Bonchev–Trinajstić information content (AvgIpc) is 2.25. The molecule has 0 unspecified atom stereocenters. The minimum absolute atomic E-state index is 0.101. The number of rotatable bonds is 7. The molecule has 0 radical (unpaired) electrons. The van der Waals surface area contributed by atoms with Gasteiger partial charge in [-0.05, 0) is 34.1 Å². The van der Waals surface area contributed by atoms with Gasteiger partial charge in [-0.15, -0.1) is 0 Å². The van der Waals surface area contributed by atoms with Crippen molar-refractivity contribution in [2.24, 2.45) is 0 Å². The van der Waals surface area contributed by atoms with Crippen LogP contribution in [-0.2, 0) is 4.79 Å². The Morgan fingerprint density at radius 3 is 2.74 bits per heavy atom. The van der Waals surface area contributed by atoms with Crippen molar-refractivity contribution < 1.29 is 14.6 Å². The van der Waals surface area contributed by atoms with Crippen LogP contribution in [0.5, 0.6) is 5.88 Å². The molecule has 0 atom stereocenters. The molecule has 0 amide bonds. The summed E-state index contributed by atoms with van der Waals surface area (Å²) in [6.45, 7) is 8.13. The fourth-order valence-electron chi connectivity index (χ4n) is 1.60. The quantitative estimate of drug-likeness (QED) is 0.788. The molecule has 1 heterocycles. The van der Waals surface area contributed by atoms with Crippen molar-refractivity contribution in [3.8, 4) is 5.88 Å². The maximum absolute atomic E-state index is 10.6. The summed E-state index contributed by atoms with van der Waals surface area (Å²) in [6.07, 6.45) is 0.591. The van der Waals surface area contributed by atoms with Crippen molar-refractivity contribution in [3.63, 3.8) is 0 Å². The van der Waals surface area contributed by atoms with E-state index in [1.54, 1.807) is 6.07 Å². The van der Waals surface area contributed by atoms with Crippen molar-refractivity contribution in [1.29, 1.82) is 0 Å². The van der Waals surface area contributed by atoms with E-state index in [2.05, 4.69) is 15.3 Å². The number of nitrogens with one attached hydrogen (secondary N) is 1. The highest BCUT2D eigenvalue weighted by Gasteiger charge is 2.20. The summed E-state index contributed by atoms with van der Waals surface area (Å²) in [5.41, 5.74) is 0.408. The van der Waals surface area contributed by atoms with Crippen LogP contribution in [0.15, 0.2) is 6.07 Å². The summed E-state index contributed by atoms with van der Waals surface area (Å²) in [6, 6.07) is 1.76. The number of aryl methyl sites for hydroxylation is 1. The van der Waals surface area contributed by atoms with E-state index in [0.717, 1.165) is 5.69 Å². The predicted molar refractivity (Wildman–Crippen MR) is 72.5 cm³/mol. The second-order valence-corrected chi connectivity index (χ2v) is 5.01. The molecule has 6 nitrogen and oxygen atoms in total. The van der Waals surface area contributed by atoms with Gasteiger partial charge in [0.05, 0.1) is 6.61 Å².